The molecule has 3 aromatic rings. The zero-order valence-corrected chi connectivity index (χ0v) is 41.5. The number of alkyl halides is 3. The summed E-state index contributed by atoms with van der Waals surface area (Å²) in [5.74, 6) is 10.2. The fraction of sp³-hybridized carbons (Fsp3) is 0.500. The number of halogens is 3. The zero-order valence-electron chi connectivity index (χ0n) is 39.1. The molecule has 0 bridgehead atoms. The third-order valence-corrected chi connectivity index (χ3v) is 14.4. The molecule has 3 aliphatic rings. The van der Waals surface area contributed by atoms with Crippen molar-refractivity contribution in [1.29, 1.82) is 0 Å². The molecule has 372 valence electrons. The highest BCUT2D eigenvalue weighted by Crippen LogP contribution is 2.46. The lowest BCUT2D eigenvalue weighted by atomic mass is 9.82. The number of allylic oxidation sites excluding steroid dienone is 3. The van der Waals surface area contributed by atoms with Crippen LogP contribution in [0.3, 0.4) is 0 Å². The maximum Gasteiger partial charge on any atom is 0.416 e. The summed E-state index contributed by atoms with van der Waals surface area (Å²) in [6, 6.07) is 4.52. The Hall–Kier alpha value is -4.49. The van der Waals surface area contributed by atoms with Gasteiger partial charge in [0.25, 0.3) is 0 Å². The van der Waals surface area contributed by atoms with E-state index in [-0.39, 0.29) is 69.7 Å². The molecule has 2 aliphatic heterocycles. The number of rotatable bonds is 14. The van der Waals surface area contributed by atoms with Crippen LogP contribution in [-0.4, -0.2) is 143 Å². The van der Waals surface area contributed by atoms with Crippen molar-refractivity contribution < 1.29 is 66.2 Å². The Morgan fingerprint density at radius 3 is 2.57 bits per heavy atom. The van der Waals surface area contributed by atoms with Crippen LogP contribution in [0.25, 0.3) is 21.8 Å². The lowest BCUT2D eigenvalue weighted by molar-refractivity contribution is -0.323. The molecule has 4 heterocycles. The number of nitrogens with one attached hydrogen (secondary N) is 3. The fourth-order valence-corrected chi connectivity index (χ4v) is 10.3. The standard InChI is InChI=1S/C48H55F3N4O11S3/c1-9-10-11-12-13-14-35(38-29(18-20-69(8)67)33(56)22-34(57)40(38)55-46(60)62-6)65-45-42(66-37-23-36(61-5)32(24-63-37)53-25(2)3)44(59)47(68-7,26(4)64-45)43(58)41-39-28(17-19-52-41)30-21-27(48(49,50)51)15-16-31(30)54-39/h11-12,15-19,21,25-26,32-33,35-37,42,44-45,53-54,56,59H,20,22-24H2,1-8H3,(H,55,60)/b12-11-,29-18-/t26?,32?,33-,35-,36?,37?,42?,44?,45?,47?,69?/m0/s1. The third kappa shape index (κ3) is 11.8. The van der Waals surface area contributed by atoms with Crippen LogP contribution in [0.5, 0.6) is 0 Å². The number of aliphatic hydroxyl groups is 2. The number of methoxy groups -OCH3 is 2. The van der Waals surface area contributed by atoms with Crippen LogP contribution in [0.2, 0.25) is 0 Å². The topological polar surface area (TPSA) is 200 Å². The van der Waals surface area contributed by atoms with Gasteiger partial charge in [-0.3, -0.25) is 19.9 Å². The second-order valence-corrected chi connectivity index (χ2v) is 20.9. The molecule has 1 aliphatic carbocycles. The smallest absolute Gasteiger partial charge is 0.416 e. The first-order valence-electron chi connectivity index (χ1n) is 21.8. The van der Waals surface area contributed by atoms with E-state index in [1.54, 1.807) is 32.6 Å². The average molecular weight is 1020 g/mol. The SMILES string of the molecule is CC#C/C=C\C#C[C@H](OC1OC(C)C(SC)(C(=O)c2nccc3c2[nH]c2ccc(C(F)(F)F)cc23)C(O)C1OC1CC(OC)C(NC(C)C)CO1)C1=C(NC(=O)OC)C(=O)C[C@H](O)/C1=C/CS(C)=S. The van der Waals surface area contributed by atoms with Crippen molar-refractivity contribution in [3.8, 4) is 23.7 Å². The van der Waals surface area contributed by atoms with Gasteiger partial charge in [-0.1, -0.05) is 48.9 Å². The Kier molecular flexibility index (Phi) is 18.1. The predicted octanol–water partition coefficient (Wildman–Crippen LogP) is 5.19. The number of aromatic amines is 1. The summed E-state index contributed by atoms with van der Waals surface area (Å²) in [5.41, 5.74) is -0.779. The summed E-state index contributed by atoms with van der Waals surface area (Å²) in [7, 11) is 2.05. The largest absolute Gasteiger partial charge is 0.453 e. The van der Waals surface area contributed by atoms with Crippen LogP contribution in [0.4, 0.5) is 18.0 Å². The number of benzene rings is 1. The number of H-pyrrole nitrogens is 1. The number of hydrogen-bond acceptors (Lipinski definition) is 15. The van der Waals surface area contributed by atoms with E-state index < -0.39 is 99.2 Å². The first-order valence-corrected chi connectivity index (χ1v) is 25.8. The van der Waals surface area contributed by atoms with Gasteiger partial charge in [-0.15, -0.1) is 27.1 Å². The number of thioether (sulfide) groups is 1. The third-order valence-electron chi connectivity index (χ3n) is 11.9. The molecule has 69 heavy (non-hydrogen) atoms. The molecular formula is C48H55F3N4O11S3. The van der Waals surface area contributed by atoms with Gasteiger partial charge in [0.2, 0.25) is 5.78 Å². The minimum Gasteiger partial charge on any atom is -0.453 e. The van der Waals surface area contributed by atoms with Crippen molar-refractivity contribution in [2.45, 2.75) is 113 Å². The highest BCUT2D eigenvalue weighted by atomic mass is 32.8. The number of fused-ring (bicyclic) bond motifs is 3. The maximum atomic E-state index is 15.3. The van der Waals surface area contributed by atoms with Gasteiger partial charge >= 0.3 is 12.3 Å². The van der Waals surface area contributed by atoms with Crippen LogP contribution in [-0.2, 0) is 60.0 Å². The molecule has 1 aromatic carbocycles. The van der Waals surface area contributed by atoms with Gasteiger partial charge in [0.15, 0.2) is 18.4 Å². The minimum absolute atomic E-state index is 0.0475. The summed E-state index contributed by atoms with van der Waals surface area (Å²) in [6.45, 7) is 7.24. The number of carbonyl (C=O) groups excluding carboxylic acids is 3. The molecule has 15 nitrogen and oxygen atoms in total. The highest BCUT2D eigenvalue weighted by molar-refractivity contribution is 8.28. The van der Waals surface area contributed by atoms with Gasteiger partial charge in [-0.05, 0) is 68.3 Å². The first kappa shape index (κ1) is 53.9. The number of pyridine rings is 1. The molecule has 0 radical (unpaired) electrons. The number of amides is 1. The number of Topliss-reactive ketones (excluding diaryl/α,β-unsaturated/α-hetero) is 2. The fourth-order valence-electron chi connectivity index (χ4n) is 8.66. The van der Waals surface area contributed by atoms with Gasteiger partial charge < -0.3 is 48.9 Å². The predicted molar refractivity (Wildman–Crippen MR) is 259 cm³/mol. The molecule has 6 rings (SSSR count). The summed E-state index contributed by atoms with van der Waals surface area (Å²) in [4.78, 5) is 49.4. The van der Waals surface area contributed by atoms with E-state index in [0.717, 1.165) is 31.0 Å². The Balaban J connectivity index is 1.51. The van der Waals surface area contributed by atoms with Crippen LogP contribution >= 0.6 is 11.8 Å². The molecule has 2 aromatic heterocycles. The summed E-state index contributed by atoms with van der Waals surface area (Å²) in [5, 5.41) is 30.8. The van der Waals surface area contributed by atoms with Crippen molar-refractivity contribution in [3.63, 3.8) is 0 Å². The van der Waals surface area contributed by atoms with Crippen LogP contribution in [0.1, 0.15) is 56.6 Å². The lowest BCUT2D eigenvalue weighted by Crippen LogP contribution is -2.68. The molecule has 2 fully saturated rings. The molecule has 5 N–H and O–H groups in total. The van der Waals surface area contributed by atoms with Crippen molar-refractivity contribution in [3.05, 3.63) is 76.8 Å². The van der Waals surface area contributed by atoms with E-state index in [0.29, 0.717) is 5.52 Å². The number of aromatic nitrogens is 2. The molecule has 9 unspecified atom stereocenters. The molecule has 0 spiro atoms. The van der Waals surface area contributed by atoms with Gasteiger partial charge in [-0.25, -0.2) is 4.79 Å². The zero-order chi connectivity index (χ0) is 50.4. The Labute approximate surface area is 409 Å². The monoisotopic (exact) mass is 1020 g/mol. The molecule has 21 heteroatoms. The summed E-state index contributed by atoms with van der Waals surface area (Å²) in [6.07, 6.45) is -7.45. The van der Waals surface area contributed by atoms with E-state index in [1.165, 1.54) is 37.4 Å². The van der Waals surface area contributed by atoms with Gasteiger partial charge in [-0.2, -0.15) is 13.2 Å². The van der Waals surface area contributed by atoms with Crippen molar-refractivity contribution in [2.24, 2.45) is 0 Å². The molecular weight excluding hydrogens is 962 g/mol. The van der Waals surface area contributed by atoms with E-state index >= 15 is 4.79 Å². The van der Waals surface area contributed by atoms with E-state index in [9.17, 15) is 33.0 Å². The molecule has 11 atom stereocenters. The van der Waals surface area contributed by atoms with Gasteiger partial charge in [0.1, 0.15) is 28.8 Å². The summed E-state index contributed by atoms with van der Waals surface area (Å²) < 4.78 is 76.7. The maximum absolute atomic E-state index is 15.3. The number of ketones is 2. The van der Waals surface area contributed by atoms with Crippen LogP contribution in [0.15, 0.2) is 65.5 Å². The number of hydrogen-bond donors (Lipinski definition) is 5. The Morgan fingerprint density at radius 1 is 1.17 bits per heavy atom. The normalized spacial score (nSPS) is 28.1. The van der Waals surface area contributed by atoms with E-state index in [2.05, 4.69) is 44.3 Å². The number of ether oxygens (including phenoxy) is 6. The summed E-state index contributed by atoms with van der Waals surface area (Å²) >= 11 is 6.42. The van der Waals surface area contributed by atoms with Crippen LogP contribution in [0, 0.1) is 23.7 Å². The van der Waals surface area contributed by atoms with Crippen molar-refractivity contribution >= 4 is 71.9 Å². The van der Waals surface area contributed by atoms with Gasteiger partial charge in [0, 0.05) is 59.8 Å². The quantitative estimate of drug-likeness (QED) is 0.104. The lowest BCUT2D eigenvalue weighted by Gasteiger charge is -2.51. The number of carbonyl (C=O) groups is 3. The highest BCUT2D eigenvalue weighted by Gasteiger charge is 2.61. The molecule has 2 saturated heterocycles. The Morgan fingerprint density at radius 2 is 1.91 bits per heavy atom. The second kappa shape index (κ2) is 23.2. The Bertz CT molecular complexity index is 2670. The van der Waals surface area contributed by atoms with Gasteiger partial charge in [0.05, 0.1) is 54.8 Å². The molecule has 0 saturated carbocycles. The average Bonchev–Trinajstić information content (AvgIpc) is 3.68. The molecule has 1 amide bonds. The van der Waals surface area contributed by atoms with Crippen molar-refractivity contribution in [1.82, 2.24) is 20.6 Å². The second-order valence-electron chi connectivity index (χ2n) is 16.7. The number of alkyl carbamates (subject to hydrolysis) is 1. The van der Waals surface area contributed by atoms with E-state index in [1.807, 2.05) is 13.8 Å². The van der Waals surface area contributed by atoms with Crippen molar-refractivity contribution in [2.75, 3.05) is 39.1 Å². The number of aliphatic hydroxyl groups excluding tert-OH is 2. The van der Waals surface area contributed by atoms with Crippen LogP contribution < -0.4 is 10.6 Å². The number of nitrogens with zero attached hydrogens (tertiary/aromatic N) is 1. The first-order chi connectivity index (χ1) is 32.8. The van der Waals surface area contributed by atoms with E-state index in [4.69, 9.17) is 39.6 Å². The minimum atomic E-state index is -4.63.